The first-order chi connectivity index (χ1) is 8.63. The summed E-state index contributed by atoms with van der Waals surface area (Å²) in [5.74, 6) is 0.199. The Hall–Kier alpha value is -1.05. The molecule has 1 atom stereocenters. The summed E-state index contributed by atoms with van der Waals surface area (Å²) in [7, 11) is 0. The van der Waals surface area contributed by atoms with E-state index in [2.05, 4.69) is 9.59 Å². The molecule has 1 aromatic rings. The molecular formula is C11H18N4O2S. The first-order valence-electron chi connectivity index (χ1n) is 6.06. The van der Waals surface area contributed by atoms with Crippen LogP contribution in [0, 0.1) is 0 Å². The van der Waals surface area contributed by atoms with Gasteiger partial charge in [-0.3, -0.25) is 4.79 Å². The van der Waals surface area contributed by atoms with E-state index in [4.69, 9.17) is 10.5 Å². The Morgan fingerprint density at radius 2 is 2.44 bits per heavy atom. The van der Waals surface area contributed by atoms with Crippen LogP contribution in [0.3, 0.4) is 0 Å². The van der Waals surface area contributed by atoms with Crippen molar-refractivity contribution in [1.29, 1.82) is 0 Å². The number of ether oxygens (including phenoxy) is 1. The fourth-order valence-electron chi connectivity index (χ4n) is 1.91. The zero-order valence-corrected chi connectivity index (χ0v) is 11.4. The van der Waals surface area contributed by atoms with E-state index < -0.39 is 0 Å². The molecule has 18 heavy (non-hydrogen) atoms. The molecule has 1 fully saturated rings. The highest BCUT2D eigenvalue weighted by Gasteiger charge is 2.28. The standard InChI is InChI=1S/C11H18N4O2S/c1-7(2)9-10(18-14-13-9)11(16)15-3-4-17-8(5-12)6-15/h7-8H,3-6,12H2,1-2H3. The minimum atomic E-state index is -0.0638. The summed E-state index contributed by atoms with van der Waals surface area (Å²) in [6.07, 6.45) is -0.0638. The molecule has 2 N–H and O–H groups in total. The van der Waals surface area contributed by atoms with Crippen LogP contribution in [-0.2, 0) is 4.74 Å². The first-order valence-corrected chi connectivity index (χ1v) is 6.84. The Bertz CT molecular complexity index is 421. The molecule has 1 aliphatic heterocycles. The van der Waals surface area contributed by atoms with Crippen molar-refractivity contribution in [1.82, 2.24) is 14.5 Å². The molecule has 0 aliphatic carbocycles. The molecule has 0 bridgehead atoms. The van der Waals surface area contributed by atoms with Gasteiger partial charge in [-0.2, -0.15) is 0 Å². The summed E-state index contributed by atoms with van der Waals surface area (Å²) in [4.78, 5) is 14.8. The predicted octanol–water partition coefficient (Wildman–Crippen LogP) is 0.461. The molecule has 1 aromatic heterocycles. The van der Waals surface area contributed by atoms with Crippen LogP contribution in [0.25, 0.3) is 0 Å². The third-order valence-electron chi connectivity index (χ3n) is 2.94. The van der Waals surface area contributed by atoms with E-state index in [-0.39, 0.29) is 17.9 Å². The molecule has 6 nitrogen and oxygen atoms in total. The van der Waals surface area contributed by atoms with E-state index in [1.165, 1.54) is 0 Å². The predicted molar refractivity (Wildman–Crippen MR) is 68.7 cm³/mol. The van der Waals surface area contributed by atoms with E-state index in [9.17, 15) is 4.79 Å². The summed E-state index contributed by atoms with van der Waals surface area (Å²) in [5, 5.41) is 4.04. The van der Waals surface area contributed by atoms with Crippen molar-refractivity contribution in [3.8, 4) is 0 Å². The molecule has 7 heteroatoms. The summed E-state index contributed by atoms with van der Waals surface area (Å²) in [5.41, 5.74) is 6.36. The van der Waals surface area contributed by atoms with Crippen molar-refractivity contribution < 1.29 is 9.53 Å². The Morgan fingerprint density at radius 1 is 1.67 bits per heavy atom. The van der Waals surface area contributed by atoms with Gasteiger partial charge in [0.25, 0.3) is 5.91 Å². The van der Waals surface area contributed by atoms with Gasteiger partial charge >= 0.3 is 0 Å². The number of carbonyl (C=O) groups is 1. The zero-order chi connectivity index (χ0) is 13.1. The molecule has 1 unspecified atom stereocenters. The minimum absolute atomic E-state index is 0.00421. The van der Waals surface area contributed by atoms with E-state index in [0.29, 0.717) is 31.1 Å². The quantitative estimate of drug-likeness (QED) is 0.863. The molecule has 1 amide bonds. The number of morpholine rings is 1. The van der Waals surface area contributed by atoms with Gasteiger partial charge in [0.15, 0.2) is 0 Å². The van der Waals surface area contributed by atoms with Crippen molar-refractivity contribution in [2.24, 2.45) is 5.73 Å². The highest BCUT2D eigenvalue weighted by atomic mass is 32.1. The number of amides is 1. The van der Waals surface area contributed by atoms with Gasteiger partial charge in [0.1, 0.15) is 4.88 Å². The van der Waals surface area contributed by atoms with Crippen LogP contribution in [0.5, 0.6) is 0 Å². The van der Waals surface area contributed by atoms with E-state index in [1.54, 1.807) is 4.90 Å². The molecule has 1 aliphatic rings. The molecule has 2 rings (SSSR count). The lowest BCUT2D eigenvalue weighted by molar-refractivity contribution is -0.0166. The third-order valence-corrected chi connectivity index (χ3v) is 3.67. The Morgan fingerprint density at radius 3 is 3.11 bits per heavy atom. The maximum Gasteiger partial charge on any atom is 0.267 e. The SMILES string of the molecule is CC(C)c1nnsc1C(=O)N1CCOC(CN)C1. The second kappa shape index (κ2) is 5.73. The number of rotatable bonds is 3. The average molecular weight is 270 g/mol. The molecule has 0 spiro atoms. The molecule has 0 radical (unpaired) electrons. The smallest absolute Gasteiger partial charge is 0.267 e. The fourth-order valence-corrected chi connectivity index (χ4v) is 2.70. The van der Waals surface area contributed by atoms with Crippen LogP contribution in [0.15, 0.2) is 0 Å². The maximum atomic E-state index is 12.4. The van der Waals surface area contributed by atoms with Gasteiger partial charge in [0.2, 0.25) is 0 Å². The third kappa shape index (κ3) is 2.68. The van der Waals surface area contributed by atoms with Crippen LogP contribution < -0.4 is 5.73 Å². The number of hydrogen-bond acceptors (Lipinski definition) is 6. The van der Waals surface area contributed by atoms with Crippen molar-refractivity contribution in [3.05, 3.63) is 10.6 Å². The molecule has 0 aromatic carbocycles. The Balaban J connectivity index is 2.13. The van der Waals surface area contributed by atoms with Crippen LogP contribution in [-0.4, -0.2) is 52.7 Å². The number of carbonyl (C=O) groups excluding carboxylic acids is 1. The molecule has 1 saturated heterocycles. The van der Waals surface area contributed by atoms with Crippen LogP contribution in [0.4, 0.5) is 0 Å². The van der Waals surface area contributed by atoms with E-state index in [0.717, 1.165) is 17.2 Å². The largest absolute Gasteiger partial charge is 0.373 e. The monoisotopic (exact) mass is 270 g/mol. The van der Waals surface area contributed by atoms with Crippen molar-refractivity contribution in [2.45, 2.75) is 25.9 Å². The number of nitrogens with two attached hydrogens (primary N) is 1. The van der Waals surface area contributed by atoms with Gasteiger partial charge in [-0.05, 0) is 17.5 Å². The Labute approximate surface area is 110 Å². The summed E-state index contributed by atoms with van der Waals surface area (Å²) in [6.45, 7) is 6.14. The maximum absolute atomic E-state index is 12.4. The van der Waals surface area contributed by atoms with E-state index >= 15 is 0 Å². The number of aromatic nitrogens is 2. The van der Waals surface area contributed by atoms with Crippen LogP contribution in [0.2, 0.25) is 0 Å². The highest BCUT2D eigenvalue weighted by Crippen LogP contribution is 2.22. The summed E-state index contributed by atoms with van der Waals surface area (Å²) < 4.78 is 9.34. The first kappa shape index (κ1) is 13.4. The topological polar surface area (TPSA) is 81.3 Å². The van der Waals surface area contributed by atoms with Gasteiger partial charge in [0, 0.05) is 19.6 Å². The van der Waals surface area contributed by atoms with Crippen LogP contribution in [0.1, 0.15) is 35.1 Å². The zero-order valence-electron chi connectivity index (χ0n) is 10.6. The van der Waals surface area contributed by atoms with Gasteiger partial charge < -0.3 is 15.4 Å². The molecular weight excluding hydrogens is 252 g/mol. The Kier molecular flexibility index (Phi) is 4.26. The number of hydrogen-bond donors (Lipinski definition) is 1. The summed E-state index contributed by atoms with van der Waals surface area (Å²) in [6, 6.07) is 0. The van der Waals surface area contributed by atoms with Gasteiger partial charge in [0.05, 0.1) is 18.4 Å². The van der Waals surface area contributed by atoms with E-state index in [1.807, 2.05) is 13.8 Å². The van der Waals surface area contributed by atoms with Gasteiger partial charge in [-0.15, -0.1) is 5.10 Å². The van der Waals surface area contributed by atoms with Crippen molar-refractivity contribution >= 4 is 17.4 Å². The molecule has 100 valence electrons. The fraction of sp³-hybridized carbons (Fsp3) is 0.727. The summed E-state index contributed by atoms with van der Waals surface area (Å²) >= 11 is 1.16. The number of nitrogens with zero attached hydrogens (tertiary/aromatic N) is 3. The minimum Gasteiger partial charge on any atom is -0.373 e. The lowest BCUT2D eigenvalue weighted by Gasteiger charge is -2.32. The van der Waals surface area contributed by atoms with Crippen LogP contribution >= 0.6 is 11.5 Å². The van der Waals surface area contributed by atoms with Gasteiger partial charge in [-0.25, -0.2) is 0 Å². The lowest BCUT2D eigenvalue weighted by Crippen LogP contribution is -2.48. The highest BCUT2D eigenvalue weighted by molar-refractivity contribution is 7.08. The average Bonchev–Trinajstić information content (AvgIpc) is 2.87. The van der Waals surface area contributed by atoms with Crippen molar-refractivity contribution in [2.75, 3.05) is 26.2 Å². The van der Waals surface area contributed by atoms with Gasteiger partial charge in [-0.1, -0.05) is 18.3 Å². The molecule has 0 saturated carbocycles. The van der Waals surface area contributed by atoms with Crippen molar-refractivity contribution in [3.63, 3.8) is 0 Å². The second-order valence-corrected chi connectivity index (χ2v) is 5.38. The molecule has 2 heterocycles. The lowest BCUT2D eigenvalue weighted by atomic mass is 10.1. The normalized spacial score (nSPS) is 20.4. The second-order valence-electron chi connectivity index (χ2n) is 4.62.